The van der Waals surface area contributed by atoms with Gasteiger partial charge in [-0.15, -0.1) is 10.2 Å². The molecule has 0 bridgehead atoms. The molecule has 3 aliphatic rings. The lowest BCUT2D eigenvalue weighted by atomic mass is 9.94. The largest absolute Gasteiger partial charge is 0.345 e. The molecule has 8 heteroatoms. The minimum absolute atomic E-state index is 0.142. The predicted molar refractivity (Wildman–Crippen MR) is 95.4 cm³/mol. The van der Waals surface area contributed by atoms with E-state index in [1.807, 2.05) is 30.2 Å². The molecule has 1 spiro atoms. The molecule has 1 aromatic heterocycles. The van der Waals surface area contributed by atoms with Crippen molar-refractivity contribution in [1.29, 1.82) is 0 Å². The molecule has 1 aliphatic carbocycles. The lowest BCUT2D eigenvalue weighted by molar-refractivity contribution is -0.132. The van der Waals surface area contributed by atoms with Gasteiger partial charge in [-0.1, -0.05) is 0 Å². The fourth-order valence-electron chi connectivity index (χ4n) is 4.05. The molecule has 26 heavy (non-hydrogen) atoms. The van der Waals surface area contributed by atoms with Crippen molar-refractivity contribution in [3.05, 3.63) is 11.6 Å². The number of aromatic nitrogens is 3. The van der Waals surface area contributed by atoms with E-state index in [0.29, 0.717) is 24.8 Å². The molecule has 0 aromatic carbocycles. The van der Waals surface area contributed by atoms with E-state index in [0.717, 1.165) is 38.2 Å². The van der Waals surface area contributed by atoms with Crippen LogP contribution in [0.4, 0.5) is 0 Å². The van der Waals surface area contributed by atoms with Crippen molar-refractivity contribution in [1.82, 2.24) is 29.9 Å². The Hall–Kier alpha value is -1.96. The molecule has 1 N–H and O–H groups in total. The van der Waals surface area contributed by atoms with Crippen LogP contribution in [0.2, 0.25) is 0 Å². The maximum atomic E-state index is 12.6. The maximum absolute atomic E-state index is 12.6. The molecule has 1 aromatic rings. The van der Waals surface area contributed by atoms with Crippen LogP contribution in [0.15, 0.2) is 0 Å². The first-order valence-corrected chi connectivity index (χ1v) is 9.43. The first kappa shape index (κ1) is 17.5. The van der Waals surface area contributed by atoms with Gasteiger partial charge in [0, 0.05) is 31.1 Å². The Morgan fingerprint density at radius 2 is 1.92 bits per heavy atom. The highest BCUT2D eigenvalue weighted by Crippen LogP contribution is 2.38. The van der Waals surface area contributed by atoms with Crippen LogP contribution in [0.25, 0.3) is 0 Å². The summed E-state index contributed by atoms with van der Waals surface area (Å²) in [6.07, 6.45) is 2.98. The zero-order chi connectivity index (χ0) is 18.7. The van der Waals surface area contributed by atoms with Crippen molar-refractivity contribution < 1.29 is 9.59 Å². The summed E-state index contributed by atoms with van der Waals surface area (Å²) >= 11 is 0. The van der Waals surface area contributed by atoms with E-state index in [2.05, 4.69) is 27.5 Å². The van der Waals surface area contributed by atoms with Crippen LogP contribution in [-0.4, -0.2) is 67.6 Å². The third-order valence-electron chi connectivity index (χ3n) is 5.73. The highest BCUT2D eigenvalue weighted by molar-refractivity contribution is 5.91. The van der Waals surface area contributed by atoms with Gasteiger partial charge in [0.05, 0.1) is 12.1 Å². The Kier molecular flexibility index (Phi) is 3.87. The van der Waals surface area contributed by atoms with E-state index in [4.69, 9.17) is 0 Å². The van der Waals surface area contributed by atoms with Crippen LogP contribution < -0.4 is 5.32 Å². The predicted octanol–water partition coefficient (Wildman–Crippen LogP) is 0.633. The minimum atomic E-state index is -0.326. The molecule has 2 amide bonds. The molecule has 2 fully saturated rings. The summed E-state index contributed by atoms with van der Waals surface area (Å²) in [6, 6.07) is 0. The smallest absolute Gasteiger partial charge is 0.289 e. The molecule has 1 atom stereocenters. The van der Waals surface area contributed by atoms with Crippen LogP contribution in [0.5, 0.6) is 0 Å². The number of amides is 2. The SMILES string of the molecule is CN1Cc2nnc(C(=O)NC(C)(C)C)n2C[C@@]12CCN(C(=O)C1CC1)C2. The molecule has 2 aliphatic heterocycles. The molecule has 0 radical (unpaired) electrons. The molecule has 3 heterocycles. The van der Waals surface area contributed by atoms with Gasteiger partial charge in [0.15, 0.2) is 0 Å². The van der Waals surface area contributed by atoms with Crippen molar-refractivity contribution in [2.24, 2.45) is 5.92 Å². The van der Waals surface area contributed by atoms with Gasteiger partial charge in [-0.3, -0.25) is 14.5 Å². The number of likely N-dealkylation sites (tertiary alicyclic amines) is 1. The zero-order valence-electron chi connectivity index (χ0n) is 16.1. The zero-order valence-corrected chi connectivity index (χ0v) is 16.1. The van der Waals surface area contributed by atoms with E-state index < -0.39 is 0 Å². The van der Waals surface area contributed by atoms with Gasteiger partial charge in [-0.25, -0.2) is 0 Å². The standard InChI is InChI=1S/C18H28N6O2/c1-17(2,3)19-15(25)14-21-20-13-9-22(4)18(11-24(13)14)7-8-23(10-18)16(26)12-5-6-12/h12H,5-11H2,1-4H3,(H,19,25)/t18-/m0/s1. The van der Waals surface area contributed by atoms with Crippen LogP contribution >= 0.6 is 0 Å². The third-order valence-corrected chi connectivity index (χ3v) is 5.73. The van der Waals surface area contributed by atoms with E-state index in [1.165, 1.54) is 0 Å². The summed E-state index contributed by atoms with van der Waals surface area (Å²) in [5.74, 6) is 1.53. The van der Waals surface area contributed by atoms with E-state index in [1.54, 1.807) is 0 Å². The third kappa shape index (κ3) is 3.00. The lowest BCUT2D eigenvalue weighted by Gasteiger charge is -2.42. The number of nitrogens with zero attached hydrogens (tertiary/aromatic N) is 5. The molecule has 1 saturated carbocycles. The topological polar surface area (TPSA) is 83.4 Å². The van der Waals surface area contributed by atoms with Gasteiger partial charge in [-0.05, 0) is 47.1 Å². The van der Waals surface area contributed by atoms with Gasteiger partial charge < -0.3 is 14.8 Å². The van der Waals surface area contributed by atoms with Crippen LogP contribution in [-0.2, 0) is 17.9 Å². The fourth-order valence-corrected chi connectivity index (χ4v) is 4.05. The van der Waals surface area contributed by atoms with Gasteiger partial charge in [-0.2, -0.15) is 0 Å². The summed E-state index contributed by atoms with van der Waals surface area (Å²) in [5.41, 5.74) is -0.468. The highest BCUT2D eigenvalue weighted by Gasteiger charge is 2.48. The summed E-state index contributed by atoms with van der Waals surface area (Å²) < 4.78 is 1.95. The quantitative estimate of drug-likeness (QED) is 0.836. The molecule has 0 unspecified atom stereocenters. The Bertz CT molecular complexity index is 747. The number of carbonyl (C=O) groups is 2. The number of hydrogen-bond donors (Lipinski definition) is 1. The van der Waals surface area contributed by atoms with E-state index >= 15 is 0 Å². The highest BCUT2D eigenvalue weighted by atomic mass is 16.2. The fraction of sp³-hybridized carbons (Fsp3) is 0.778. The first-order chi connectivity index (χ1) is 12.2. The molecule has 1 saturated heterocycles. The van der Waals surface area contributed by atoms with Gasteiger partial charge in [0.2, 0.25) is 11.7 Å². The van der Waals surface area contributed by atoms with Crippen LogP contribution in [0, 0.1) is 5.92 Å². The van der Waals surface area contributed by atoms with Gasteiger partial charge in [0.25, 0.3) is 5.91 Å². The summed E-state index contributed by atoms with van der Waals surface area (Å²) in [7, 11) is 2.08. The molecule has 142 valence electrons. The average molecular weight is 360 g/mol. The molecule has 8 nitrogen and oxygen atoms in total. The normalized spacial score (nSPS) is 26.2. The number of rotatable bonds is 2. The van der Waals surface area contributed by atoms with E-state index in [9.17, 15) is 9.59 Å². The van der Waals surface area contributed by atoms with Crippen LogP contribution in [0.1, 0.15) is 56.5 Å². The van der Waals surface area contributed by atoms with Crippen molar-refractivity contribution in [3.8, 4) is 0 Å². The van der Waals surface area contributed by atoms with Crippen molar-refractivity contribution in [3.63, 3.8) is 0 Å². The summed E-state index contributed by atoms with van der Waals surface area (Å²) in [5, 5.41) is 11.4. The average Bonchev–Trinajstić information content (AvgIpc) is 3.19. The Morgan fingerprint density at radius 1 is 1.19 bits per heavy atom. The van der Waals surface area contributed by atoms with Crippen molar-refractivity contribution in [2.45, 2.75) is 64.2 Å². The Morgan fingerprint density at radius 3 is 2.58 bits per heavy atom. The van der Waals surface area contributed by atoms with Crippen molar-refractivity contribution in [2.75, 3.05) is 20.1 Å². The maximum Gasteiger partial charge on any atom is 0.289 e. The van der Waals surface area contributed by atoms with Gasteiger partial charge >= 0.3 is 0 Å². The number of carbonyl (C=O) groups excluding carboxylic acids is 2. The van der Waals surface area contributed by atoms with Crippen LogP contribution in [0.3, 0.4) is 0 Å². The number of fused-ring (bicyclic) bond motifs is 1. The second-order valence-electron chi connectivity index (χ2n) is 9.09. The molecular formula is C18H28N6O2. The van der Waals surface area contributed by atoms with Crippen molar-refractivity contribution >= 4 is 11.8 Å². The molecular weight excluding hydrogens is 332 g/mol. The Labute approximate surface area is 153 Å². The lowest BCUT2D eigenvalue weighted by Crippen LogP contribution is -2.55. The first-order valence-electron chi connectivity index (χ1n) is 9.43. The monoisotopic (exact) mass is 360 g/mol. The summed E-state index contributed by atoms with van der Waals surface area (Å²) in [6.45, 7) is 8.65. The minimum Gasteiger partial charge on any atom is -0.345 e. The second-order valence-corrected chi connectivity index (χ2v) is 9.09. The number of hydrogen-bond acceptors (Lipinski definition) is 5. The number of likely N-dealkylation sites (N-methyl/N-ethyl adjacent to an activating group) is 1. The molecule has 4 rings (SSSR count). The Balaban J connectivity index is 1.56. The van der Waals surface area contributed by atoms with E-state index in [-0.39, 0.29) is 22.9 Å². The van der Waals surface area contributed by atoms with Gasteiger partial charge in [0.1, 0.15) is 5.82 Å². The number of nitrogens with one attached hydrogen (secondary N) is 1. The second kappa shape index (κ2) is 5.77. The summed E-state index contributed by atoms with van der Waals surface area (Å²) in [4.78, 5) is 29.4.